The highest BCUT2D eigenvalue weighted by Crippen LogP contribution is 2.32. The maximum absolute atomic E-state index is 13.0. The molecule has 128 valence electrons. The summed E-state index contributed by atoms with van der Waals surface area (Å²) >= 11 is 0. The highest BCUT2D eigenvalue weighted by molar-refractivity contribution is 5.99. The van der Waals surface area contributed by atoms with Crippen molar-refractivity contribution in [2.75, 3.05) is 31.7 Å². The van der Waals surface area contributed by atoms with Crippen molar-refractivity contribution in [2.45, 2.75) is 39.3 Å². The molecule has 0 bridgehead atoms. The largest absolute Gasteiger partial charge is 0.396 e. The van der Waals surface area contributed by atoms with Crippen molar-refractivity contribution in [3.63, 3.8) is 0 Å². The molecule has 1 amide bonds. The Labute approximate surface area is 138 Å². The molecule has 0 fully saturated rings. The van der Waals surface area contributed by atoms with Crippen LogP contribution in [0.2, 0.25) is 0 Å². The summed E-state index contributed by atoms with van der Waals surface area (Å²) in [6.07, 6.45) is 0.878. The summed E-state index contributed by atoms with van der Waals surface area (Å²) in [6, 6.07) is 7.86. The second-order valence-electron chi connectivity index (χ2n) is 7.11. The lowest BCUT2D eigenvalue weighted by Crippen LogP contribution is -2.51. The van der Waals surface area contributed by atoms with E-state index in [0.29, 0.717) is 6.54 Å². The SMILES string of the molecule is CC(C(=O)N1c2ccccc2CC1C)N(C)CC(C)(CO)CO. The van der Waals surface area contributed by atoms with Crippen LogP contribution in [0.1, 0.15) is 26.3 Å². The molecule has 2 rings (SSSR count). The van der Waals surface area contributed by atoms with Crippen molar-refractivity contribution in [1.82, 2.24) is 4.90 Å². The molecule has 1 aliphatic heterocycles. The number of carbonyl (C=O) groups excluding carboxylic acids is 1. The third-order valence-corrected chi connectivity index (χ3v) is 4.86. The van der Waals surface area contributed by atoms with Crippen LogP contribution in [0.4, 0.5) is 5.69 Å². The summed E-state index contributed by atoms with van der Waals surface area (Å²) in [7, 11) is 1.86. The maximum Gasteiger partial charge on any atom is 0.244 e. The standard InChI is InChI=1S/C18H28N2O3/c1-13-9-15-7-5-6-8-16(15)20(13)17(23)14(2)19(4)10-18(3,11-21)12-22/h5-8,13-14,21-22H,9-12H2,1-4H3. The summed E-state index contributed by atoms with van der Waals surface area (Å²) in [5.41, 5.74) is 1.59. The Bertz CT molecular complexity index is 557. The molecule has 0 aliphatic carbocycles. The van der Waals surface area contributed by atoms with E-state index < -0.39 is 5.41 Å². The monoisotopic (exact) mass is 320 g/mol. The molecule has 0 aromatic heterocycles. The average molecular weight is 320 g/mol. The number of hydrogen-bond donors (Lipinski definition) is 2. The number of nitrogens with zero attached hydrogens (tertiary/aromatic N) is 2. The Kier molecular flexibility index (Phi) is 5.45. The summed E-state index contributed by atoms with van der Waals surface area (Å²) in [6.45, 7) is 5.99. The fourth-order valence-electron chi connectivity index (χ4n) is 3.18. The molecule has 5 nitrogen and oxygen atoms in total. The topological polar surface area (TPSA) is 64.0 Å². The van der Waals surface area contributed by atoms with E-state index in [0.717, 1.165) is 12.1 Å². The van der Waals surface area contributed by atoms with Gasteiger partial charge in [-0.1, -0.05) is 25.1 Å². The molecule has 1 aromatic carbocycles. The minimum absolute atomic E-state index is 0.0585. The number of anilines is 1. The van der Waals surface area contributed by atoms with Crippen molar-refractivity contribution >= 4 is 11.6 Å². The van der Waals surface area contributed by atoms with Gasteiger partial charge in [-0.15, -0.1) is 0 Å². The predicted octanol–water partition coefficient (Wildman–Crippen LogP) is 1.28. The summed E-state index contributed by atoms with van der Waals surface area (Å²) in [5.74, 6) is 0.0585. The van der Waals surface area contributed by atoms with Crippen LogP contribution in [0.5, 0.6) is 0 Å². The molecule has 0 saturated heterocycles. The maximum atomic E-state index is 13.0. The highest BCUT2D eigenvalue weighted by atomic mass is 16.3. The third-order valence-electron chi connectivity index (χ3n) is 4.86. The molecule has 2 atom stereocenters. The van der Waals surface area contributed by atoms with Gasteiger partial charge in [-0.05, 0) is 38.9 Å². The van der Waals surface area contributed by atoms with E-state index in [1.807, 2.05) is 48.9 Å². The zero-order chi connectivity index (χ0) is 17.2. The number of likely N-dealkylation sites (N-methyl/N-ethyl adjacent to an activating group) is 1. The first-order valence-electron chi connectivity index (χ1n) is 8.16. The second-order valence-corrected chi connectivity index (χ2v) is 7.11. The number of aliphatic hydroxyl groups excluding tert-OH is 2. The lowest BCUT2D eigenvalue weighted by molar-refractivity contribution is -0.124. The molecule has 0 spiro atoms. The number of carbonyl (C=O) groups is 1. The minimum atomic E-state index is -0.613. The van der Waals surface area contributed by atoms with Gasteiger partial charge in [-0.25, -0.2) is 0 Å². The van der Waals surface area contributed by atoms with E-state index in [-0.39, 0.29) is 31.2 Å². The van der Waals surface area contributed by atoms with Gasteiger partial charge in [0.2, 0.25) is 5.91 Å². The van der Waals surface area contributed by atoms with E-state index in [1.54, 1.807) is 0 Å². The average Bonchev–Trinajstić information content (AvgIpc) is 2.88. The van der Waals surface area contributed by atoms with E-state index in [4.69, 9.17) is 0 Å². The van der Waals surface area contributed by atoms with E-state index in [2.05, 4.69) is 13.0 Å². The smallest absolute Gasteiger partial charge is 0.244 e. The van der Waals surface area contributed by atoms with Crippen LogP contribution in [0.15, 0.2) is 24.3 Å². The van der Waals surface area contributed by atoms with Crippen LogP contribution in [0, 0.1) is 5.41 Å². The van der Waals surface area contributed by atoms with Gasteiger partial charge in [0, 0.05) is 23.7 Å². The fraction of sp³-hybridized carbons (Fsp3) is 0.611. The zero-order valence-electron chi connectivity index (χ0n) is 14.5. The van der Waals surface area contributed by atoms with Crippen LogP contribution in [-0.2, 0) is 11.2 Å². The van der Waals surface area contributed by atoms with Gasteiger partial charge in [0.05, 0.1) is 19.3 Å². The Morgan fingerprint density at radius 2 is 2.00 bits per heavy atom. The van der Waals surface area contributed by atoms with Crippen molar-refractivity contribution in [3.8, 4) is 0 Å². The zero-order valence-corrected chi connectivity index (χ0v) is 14.5. The first-order valence-corrected chi connectivity index (χ1v) is 8.16. The Morgan fingerprint density at radius 1 is 1.39 bits per heavy atom. The van der Waals surface area contributed by atoms with Gasteiger partial charge in [0.1, 0.15) is 0 Å². The van der Waals surface area contributed by atoms with Gasteiger partial charge in [0.25, 0.3) is 0 Å². The van der Waals surface area contributed by atoms with Crippen LogP contribution in [-0.4, -0.2) is 59.9 Å². The van der Waals surface area contributed by atoms with Gasteiger partial charge < -0.3 is 15.1 Å². The summed E-state index contributed by atoms with van der Waals surface area (Å²) in [4.78, 5) is 16.8. The molecule has 2 unspecified atom stereocenters. The molecule has 1 aliphatic rings. The van der Waals surface area contributed by atoms with Gasteiger partial charge in [0.15, 0.2) is 0 Å². The number of fused-ring (bicyclic) bond motifs is 1. The number of aliphatic hydroxyl groups is 2. The minimum Gasteiger partial charge on any atom is -0.396 e. The van der Waals surface area contributed by atoms with Crippen molar-refractivity contribution in [1.29, 1.82) is 0 Å². The number of hydrogen-bond acceptors (Lipinski definition) is 4. The number of rotatable bonds is 6. The van der Waals surface area contributed by atoms with Gasteiger partial charge >= 0.3 is 0 Å². The molecule has 23 heavy (non-hydrogen) atoms. The Hall–Kier alpha value is -1.43. The van der Waals surface area contributed by atoms with Crippen molar-refractivity contribution in [2.24, 2.45) is 5.41 Å². The van der Waals surface area contributed by atoms with Gasteiger partial charge in [-0.2, -0.15) is 0 Å². The van der Waals surface area contributed by atoms with Gasteiger partial charge in [-0.3, -0.25) is 9.69 Å². The lowest BCUT2D eigenvalue weighted by atomic mass is 9.92. The molecule has 0 saturated carbocycles. The van der Waals surface area contributed by atoms with Crippen LogP contribution >= 0.6 is 0 Å². The summed E-state index contributed by atoms with van der Waals surface area (Å²) < 4.78 is 0. The normalized spacial score (nSPS) is 19.1. The number of benzene rings is 1. The second kappa shape index (κ2) is 6.99. The number of amides is 1. The third kappa shape index (κ3) is 3.57. The fourth-order valence-corrected chi connectivity index (χ4v) is 3.18. The summed E-state index contributed by atoms with van der Waals surface area (Å²) in [5, 5.41) is 18.9. The Morgan fingerprint density at radius 3 is 2.61 bits per heavy atom. The Balaban J connectivity index is 2.14. The molecule has 1 heterocycles. The van der Waals surface area contributed by atoms with Crippen molar-refractivity contribution in [3.05, 3.63) is 29.8 Å². The predicted molar refractivity (Wildman–Crippen MR) is 91.5 cm³/mol. The van der Waals surface area contributed by atoms with Crippen molar-refractivity contribution < 1.29 is 15.0 Å². The highest BCUT2D eigenvalue weighted by Gasteiger charge is 2.36. The number of para-hydroxylation sites is 1. The quantitative estimate of drug-likeness (QED) is 0.829. The first kappa shape index (κ1) is 17.9. The van der Waals surface area contributed by atoms with Crippen LogP contribution in [0.25, 0.3) is 0 Å². The molecule has 5 heteroatoms. The molecular formula is C18H28N2O3. The molecule has 1 aromatic rings. The van der Waals surface area contributed by atoms with E-state index in [9.17, 15) is 15.0 Å². The van der Waals surface area contributed by atoms with E-state index >= 15 is 0 Å². The molecular weight excluding hydrogens is 292 g/mol. The van der Waals surface area contributed by atoms with Crippen LogP contribution in [0.3, 0.4) is 0 Å². The molecule has 0 radical (unpaired) electrons. The molecule has 2 N–H and O–H groups in total. The van der Waals surface area contributed by atoms with E-state index in [1.165, 1.54) is 5.56 Å². The first-order chi connectivity index (χ1) is 10.8. The lowest BCUT2D eigenvalue weighted by Gasteiger charge is -2.35. The van der Waals surface area contributed by atoms with Crippen LogP contribution < -0.4 is 4.90 Å².